The first kappa shape index (κ1) is 14.7. The number of hydrogen-bond acceptors (Lipinski definition) is 4. The van der Waals surface area contributed by atoms with E-state index in [1.54, 1.807) is 0 Å². The number of carboxylic acids is 1. The van der Waals surface area contributed by atoms with Gasteiger partial charge in [-0.25, -0.2) is 19.2 Å². The number of hydrogen-bond donors (Lipinski definition) is 2. The highest BCUT2D eigenvalue weighted by molar-refractivity contribution is 5.88. The van der Waals surface area contributed by atoms with Crippen molar-refractivity contribution in [2.75, 3.05) is 5.32 Å². The summed E-state index contributed by atoms with van der Waals surface area (Å²) in [5, 5.41) is 10.9. The third kappa shape index (κ3) is 3.44. The molecule has 2 aromatic rings. The summed E-state index contributed by atoms with van der Waals surface area (Å²) in [5.74, 6) is -2.72. The molecule has 1 heterocycles. The van der Waals surface area contributed by atoms with E-state index in [1.165, 1.54) is 0 Å². The SMILES string of the molecule is O=C(O)c1ccc(Nc2nccc(C(F)(F)F)n2)c(F)c1. The fourth-order valence-corrected chi connectivity index (χ4v) is 1.45. The lowest BCUT2D eigenvalue weighted by molar-refractivity contribution is -0.141. The molecule has 0 unspecified atom stereocenters. The standard InChI is InChI=1S/C12H7F4N3O2/c13-7-5-6(10(20)21)1-2-8(7)18-11-17-4-3-9(19-11)12(14,15)16/h1-5H,(H,20,21)(H,17,18,19). The molecule has 0 saturated heterocycles. The second-order valence-electron chi connectivity index (χ2n) is 3.89. The van der Waals surface area contributed by atoms with Gasteiger partial charge in [0, 0.05) is 6.20 Å². The lowest BCUT2D eigenvalue weighted by Gasteiger charge is -2.09. The van der Waals surface area contributed by atoms with Crippen molar-refractivity contribution in [1.82, 2.24) is 9.97 Å². The summed E-state index contributed by atoms with van der Waals surface area (Å²) in [5.41, 5.74) is -1.70. The molecule has 1 aromatic carbocycles. The molecule has 0 aliphatic heterocycles. The quantitative estimate of drug-likeness (QED) is 0.852. The van der Waals surface area contributed by atoms with Crippen LogP contribution >= 0.6 is 0 Å². The molecule has 0 fully saturated rings. The molecule has 2 N–H and O–H groups in total. The van der Waals surface area contributed by atoms with Crippen molar-refractivity contribution in [3.63, 3.8) is 0 Å². The van der Waals surface area contributed by atoms with Crippen LogP contribution in [0.2, 0.25) is 0 Å². The van der Waals surface area contributed by atoms with Crippen LogP contribution in [0.1, 0.15) is 16.1 Å². The van der Waals surface area contributed by atoms with Crippen LogP contribution < -0.4 is 5.32 Å². The van der Waals surface area contributed by atoms with Crippen LogP contribution in [0, 0.1) is 5.82 Å². The van der Waals surface area contributed by atoms with Gasteiger partial charge in [-0.3, -0.25) is 0 Å². The highest BCUT2D eigenvalue weighted by atomic mass is 19.4. The number of anilines is 2. The minimum absolute atomic E-state index is 0.237. The van der Waals surface area contributed by atoms with E-state index in [1.807, 2.05) is 0 Å². The molecule has 0 spiro atoms. The predicted molar refractivity (Wildman–Crippen MR) is 63.7 cm³/mol. The van der Waals surface area contributed by atoms with Crippen LogP contribution in [0.3, 0.4) is 0 Å². The van der Waals surface area contributed by atoms with E-state index in [4.69, 9.17) is 5.11 Å². The zero-order chi connectivity index (χ0) is 15.6. The molecule has 0 aliphatic rings. The van der Waals surface area contributed by atoms with E-state index in [0.29, 0.717) is 6.07 Å². The number of aromatic nitrogens is 2. The van der Waals surface area contributed by atoms with Gasteiger partial charge in [0.1, 0.15) is 11.5 Å². The molecule has 2 rings (SSSR count). The number of alkyl halides is 3. The third-order valence-electron chi connectivity index (χ3n) is 2.41. The number of rotatable bonds is 3. The van der Waals surface area contributed by atoms with Crippen molar-refractivity contribution >= 4 is 17.6 Å². The first-order valence-corrected chi connectivity index (χ1v) is 5.47. The van der Waals surface area contributed by atoms with Crippen LogP contribution in [-0.2, 0) is 6.18 Å². The Hall–Kier alpha value is -2.71. The van der Waals surface area contributed by atoms with Crippen molar-refractivity contribution in [1.29, 1.82) is 0 Å². The van der Waals surface area contributed by atoms with Crippen molar-refractivity contribution < 1.29 is 27.5 Å². The fraction of sp³-hybridized carbons (Fsp3) is 0.0833. The second kappa shape index (κ2) is 5.35. The fourth-order valence-electron chi connectivity index (χ4n) is 1.45. The zero-order valence-corrected chi connectivity index (χ0v) is 10.1. The van der Waals surface area contributed by atoms with Crippen LogP contribution in [0.15, 0.2) is 30.5 Å². The average molecular weight is 301 g/mol. The normalized spacial score (nSPS) is 11.2. The smallest absolute Gasteiger partial charge is 0.433 e. The first-order chi connectivity index (χ1) is 9.77. The summed E-state index contributed by atoms with van der Waals surface area (Å²) in [7, 11) is 0. The molecule has 0 saturated carbocycles. The monoisotopic (exact) mass is 301 g/mol. The highest BCUT2D eigenvalue weighted by Gasteiger charge is 2.32. The maximum atomic E-state index is 13.6. The lowest BCUT2D eigenvalue weighted by atomic mass is 10.2. The molecule has 0 aliphatic carbocycles. The molecule has 0 atom stereocenters. The van der Waals surface area contributed by atoms with Gasteiger partial charge in [0.15, 0.2) is 0 Å². The maximum absolute atomic E-state index is 13.6. The van der Waals surface area contributed by atoms with Crippen LogP contribution in [0.25, 0.3) is 0 Å². The number of nitrogens with zero attached hydrogens (tertiary/aromatic N) is 2. The van der Waals surface area contributed by atoms with Gasteiger partial charge in [0.05, 0.1) is 11.3 Å². The molecular formula is C12H7F4N3O2. The number of carbonyl (C=O) groups is 1. The number of benzene rings is 1. The van der Waals surface area contributed by atoms with E-state index in [2.05, 4.69) is 15.3 Å². The summed E-state index contributed by atoms with van der Waals surface area (Å²) < 4.78 is 51.0. The molecule has 5 nitrogen and oxygen atoms in total. The highest BCUT2D eigenvalue weighted by Crippen LogP contribution is 2.28. The largest absolute Gasteiger partial charge is 0.478 e. The Morgan fingerprint density at radius 2 is 1.95 bits per heavy atom. The molecule has 0 amide bonds. The number of carboxylic acid groups (broad SMARTS) is 1. The Kier molecular flexibility index (Phi) is 3.74. The van der Waals surface area contributed by atoms with E-state index >= 15 is 0 Å². The first-order valence-electron chi connectivity index (χ1n) is 5.47. The lowest BCUT2D eigenvalue weighted by Crippen LogP contribution is -2.10. The number of nitrogens with one attached hydrogen (secondary N) is 1. The van der Waals surface area contributed by atoms with Crippen LogP contribution in [-0.4, -0.2) is 21.0 Å². The van der Waals surface area contributed by atoms with Gasteiger partial charge in [-0.15, -0.1) is 0 Å². The molecule has 1 aromatic heterocycles. The minimum atomic E-state index is -4.65. The molecule has 9 heteroatoms. The third-order valence-corrected chi connectivity index (χ3v) is 2.41. The topological polar surface area (TPSA) is 75.1 Å². The Morgan fingerprint density at radius 3 is 2.52 bits per heavy atom. The molecular weight excluding hydrogens is 294 g/mol. The Morgan fingerprint density at radius 1 is 1.24 bits per heavy atom. The Labute approximate surface area is 115 Å². The molecule has 110 valence electrons. The minimum Gasteiger partial charge on any atom is -0.478 e. The van der Waals surface area contributed by atoms with E-state index in [0.717, 1.165) is 24.4 Å². The van der Waals surface area contributed by atoms with Gasteiger partial charge in [0.2, 0.25) is 5.95 Å². The number of aromatic carboxylic acids is 1. The van der Waals surface area contributed by atoms with Crippen LogP contribution in [0.4, 0.5) is 29.2 Å². The van der Waals surface area contributed by atoms with Crippen molar-refractivity contribution in [3.05, 3.63) is 47.5 Å². The average Bonchev–Trinajstić information content (AvgIpc) is 2.40. The molecule has 0 radical (unpaired) electrons. The van der Waals surface area contributed by atoms with Gasteiger partial charge in [-0.05, 0) is 24.3 Å². The summed E-state index contributed by atoms with van der Waals surface area (Å²) in [4.78, 5) is 17.4. The van der Waals surface area contributed by atoms with E-state index < -0.39 is 29.6 Å². The Bertz CT molecular complexity index is 688. The van der Waals surface area contributed by atoms with Crippen molar-refractivity contribution in [2.24, 2.45) is 0 Å². The van der Waals surface area contributed by atoms with Gasteiger partial charge in [-0.2, -0.15) is 13.2 Å². The summed E-state index contributed by atoms with van der Waals surface area (Å²) in [6.07, 6.45) is -3.77. The van der Waals surface area contributed by atoms with E-state index in [-0.39, 0.29) is 11.3 Å². The second-order valence-corrected chi connectivity index (χ2v) is 3.89. The van der Waals surface area contributed by atoms with Crippen molar-refractivity contribution in [2.45, 2.75) is 6.18 Å². The van der Waals surface area contributed by atoms with Crippen molar-refractivity contribution in [3.8, 4) is 0 Å². The number of halogens is 4. The van der Waals surface area contributed by atoms with Gasteiger partial charge in [-0.1, -0.05) is 0 Å². The van der Waals surface area contributed by atoms with Crippen LogP contribution in [0.5, 0.6) is 0 Å². The predicted octanol–water partition coefficient (Wildman–Crippen LogP) is 3.08. The maximum Gasteiger partial charge on any atom is 0.433 e. The van der Waals surface area contributed by atoms with E-state index in [9.17, 15) is 22.4 Å². The molecule has 0 bridgehead atoms. The van der Waals surface area contributed by atoms with Gasteiger partial charge < -0.3 is 10.4 Å². The molecule has 21 heavy (non-hydrogen) atoms. The summed E-state index contributed by atoms with van der Waals surface area (Å²) >= 11 is 0. The Balaban J connectivity index is 2.28. The van der Waals surface area contributed by atoms with Gasteiger partial charge in [0.25, 0.3) is 0 Å². The summed E-state index contributed by atoms with van der Waals surface area (Å²) in [6, 6.07) is 3.58. The zero-order valence-electron chi connectivity index (χ0n) is 10.1. The summed E-state index contributed by atoms with van der Waals surface area (Å²) in [6.45, 7) is 0. The van der Waals surface area contributed by atoms with Gasteiger partial charge >= 0.3 is 12.1 Å².